The molecule has 1 aliphatic rings. The van der Waals surface area contributed by atoms with E-state index in [1.165, 1.54) is 24.2 Å². The van der Waals surface area contributed by atoms with Gasteiger partial charge in [-0.1, -0.05) is 6.92 Å². The van der Waals surface area contributed by atoms with Crippen LogP contribution in [0.3, 0.4) is 0 Å². The number of quaternary nitrogens is 1. The highest BCUT2D eigenvalue weighted by Crippen LogP contribution is 2.37. The summed E-state index contributed by atoms with van der Waals surface area (Å²) in [5.41, 5.74) is -0.575. The Balaban J connectivity index is 2.14. The van der Waals surface area contributed by atoms with Gasteiger partial charge in [0.2, 0.25) is 0 Å². The Morgan fingerprint density at radius 1 is 1.13 bits per heavy atom. The maximum Gasteiger partial charge on any atom is 0.311 e. The number of nitrogens with one attached hydrogen (secondary N) is 1. The van der Waals surface area contributed by atoms with Crippen LogP contribution >= 0.6 is 7.82 Å². The molecule has 1 N–H and O–H groups in total. The van der Waals surface area contributed by atoms with Crippen LogP contribution in [0.4, 0.5) is 0 Å². The van der Waals surface area contributed by atoms with E-state index in [4.69, 9.17) is 13.8 Å². The van der Waals surface area contributed by atoms with Gasteiger partial charge in [0.05, 0.1) is 25.1 Å². The molecule has 0 saturated carbocycles. The van der Waals surface area contributed by atoms with E-state index in [2.05, 4.69) is 0 Å². The summed E-state index contributed by atoms with van der Waals surface area (Å²) in [6.45, 7) is 8.04. The van der Waals surface area contributed by atoms with Gasteiger partial charge in [-0.3, -0.25) is 9.36 Å². The van der Waals surface area contributed by atoms with E-state index in [1.807, 2.05) is 6.92 Å². The standard InChI is InChI=1S/C15H30NO6P/c1-4-15(2,3)14(17)20-12-13-22-23(18,19)21-11-10-16-8-6-5-7-9-16/h4-13H2,1-3H3,(H,18,19). The minimum atomic E-state index is -4.32. The normalized spacial score (nSPS) is 19.3. The van der Waals surface area contributed by atoms with Crippen LogP contribution in [0, 0.1) is 5.41 Å². The summed E-state index contributed by atoms with van der Waals surface area (Å²) in [5, 5.41) is 0. The predicted molar refractivity (Wildman–Crippen MR) is 84.0 cm³/mol. The lowest BCUT2D eigenvalue weighted by atomic mass is 9.91. The highest BCUT2D eigenvalue weighted by atomic mass is 31.2. The van der Waals surface area contributed by atoms with Crippen molar-refractivity contribution in [3.63, 3.8) is 0 Å². The van der Waals surface area contributed by atoms with Crippen LogP contribution in [0.5, 0.6) is 0 Å². The maximum absolute atomic E-state index is 11.7. The lowest BCUT2D eigenvalue weighted by Crippen LogP contribution is -3.13. The van der Waals surface area contributed by atoms with Gasteiger partial charge in [-0.2, -0.15) is 0 Å². The second-order valence-corrected chi connectivity index (χ2v) is 7.96. The monoisotopic (exact) mass is 351 g/mol. The van der Waals surface area contributed by atoms with Gasteiger partial charge >= 0.3 is 5.97 Å². The van der Waals surface area contributed by atoms with E-state index in [9.17, 15) is 14.3 Å². The number of rotatable bonds is 10. The van der Waals surface area contributed by atoms with Crippen LogP contribution < -0.4 is 9.79 Å². The summed E-state index contributed by atoms with van der Waals surface area (Å²) in [5.74, 6) is -0.362. The zero-order chi connectivity index (χ0) is 17.3. The van der Waals surface area contributed by atoms with Crippen molar-refractivity contribution in [1.29, 1.82) is 0 Å². The fourth-order valence-corrected chi connectivity index (χ4v) is 2.95. The Bertz CT molecular complexity index is 409. The van der Waals surface area contributed by atoms with Crippen LogP contribution in [0.25, 0.3) is 0 Å². The Hall–Kier alpha value is -0.460. The van der Waals surface area contributed by atoms with Crippen LogP contribution in [-0.4, -0.2) is 45.4 Å². The lowest BCUT2D eigenvalue weighted by molar-refractivity contribution is -0.905. The number of hydrogen-bond donors (Lipinski definition) is 1. The number of piperidine rings is 1. The maximum atomic E-state index is 11.7. The number of esters is 1. The van der Waals surface area contributed by atoms with Crippen molar-refractivity contribution in [3.05, 3.63) is 0 Å². The number of carbonyl (C=O) groups is 1. The number of likely N-dealkylation sites (tertiary alicyclic amines) is 1. The molecule has 0 spiro atoms. The third-order valence-electron chi connectivity index (χ3n) is 4.27. The molecule has 1 rings (SSSR count). The third kappa shape index (κ3) is 8.27. The number of phosphoric acid groups is 1. The SMILES string of the molecule is CCC(C)(C)C(=O)OCCOP(=O)([O-])OCC[NH+]1CCCCC1. The van der Waals surface area contributed by atoms with E-state index in [1.54, 1.807) is 13.8 Å². The molecular weight excluding hydrogens is 321 g/mol. The molecular formula is C15H30NO6P. The first kappa shape index (κ1) is 20.6. The van der Waals surface area contributed by atoms with Gasteiger partial charge in [0, 0.05) is 0 Å². The van der Waals surface area contributed by atoms with Crippen LogP contribution in [0.1, 0.15) is 46.5 Å². The van der Waals surface area contributed by atoms with Crippen molar-refractivity contribution < 1.29 is 32.9 Å². The van der Waals surface area contributed by atoms with Gasteiger partial charge in [0.1, 0.15) is 19.8 Å². The molecule has 0 aromatic rings. The number of phosphoric ester groups is 1. The first-order valence-electron chi connectivity index (χ1n) is 8.38. The molecule has 0 radical (unpaired) electrons. The van der Waals surface area contributed by atoms with Gasteiger partial charge in [-0.05, 0) is 39.5 Å². The van der Waals surface area contributed by atoms with Crippen molar-refractivity contribution in [2.75, 3.05) is 39.5 Å². The number of hydrogen-bond acceptors (Lipinski definition) is 6. The van der Waals surface area contributed by atoms with Crippen molar-refractivity contribution in [1.82, 2.24) is 0 Å². The number of carbonyl (C=O) groups excluding carboxylic acids is 1. The highest BCUT2D eigenvalue weighted by molar-refractivity contribution is 7.45. The molecule has 1 fully saturated rings. The zero-order valence-corrected chi connectivity index (χ0v) is 15.4. The van der Waals surface area contributed by atoms with E-state index in [-0.39, 0.29) is 25.8 Å². The quantitative estimate of drug-likeness (QED) is 0.351. The molecule has 1 heterocycles. The average molecular weight is 351 g/mol. The van der Waals surface area contributed by atoms with E-state index in [0.29, 0.717) is 13.0 Å². The first-order chi connectivity index (χ1) is 10.8. The Morgan fingerprint density at radius 2 is 1.74 bits per heavy atom. The van der Waals surface area contributed by atoms with Gasteiger partial charge < -0.3 is 23.6 Å². The van der Waals surface area contributed by atoms with Crippen LogP contribution in [-0.2, 0) is 23.1 Å². The predicted octanol–water partition coefficient (Wildman–Crippen LogP) is 0.536. The Kier molecular flexibility index (Phi) is 8.72. The molecule has 136 valence electrons. The number of ether oxygens (including phenoxy) is 1. The summed E-state index contributed by atoms with van der Waals surface area (Å²) < 4.78 is 26.2. The molecule has 23 heavy (non-hydrogen) atoms. The third-order valence-corrected chi connectivity index (χ3v) is 5.27. The minimum absolute atomic E-state index is 0.102. The van der Waals surface area contributed by atoms with Crippen molar-refractivity contribution >= 4 is 13.8 Å². The molecule has 8 heteroatoms. The Morgan fingerprint density at radius 3 is 2.35 bits per heavy atom. The topological polar surface area (TPSA) is 89.3 Å². The van der Waals surface area contributed by atoms with Crippen molar-refractivity contribution in [2.24, 2.45) is 5.41 Å². The van der Waals surface area contributed by atoms with Crippen molar-refractivity contribution in [3.8, 4) is 0 Å². The molecule has 0 aromatic heterocycles. The largest absolute Gasteiger partial charge is 0.756 e. The van der Waals surface area contributed by atoms with Crippen molar-refractivity contribution in [2.45, 2.75) is 46.5 Å². The molecule has 1 atom stereocenters. The van der Waals surface area contributed by atoms with E-state index in [0.717, 1.165) is 13.1 Å². The summed E-state index contributed by atoms with van der Waals surface area (Å²) in [7, 11) is -4.32. The van der Waals surface area contributed by atoms with Crippen LogP contribution in [0.2, 0.25) is 0 Å². The molecule has 1 saturated heterocycles. The fraction of sp³-hybridized carbons (Fsp3) is 0.933. The van der Waals surface area contributed by atoms with E-state index >= 15 is 0 Å². The zero-order valence-electron chi connectivity index (χ0n) is 14.5. The second-order valence-electron chi connectivity index (χ2n) is 6.55. The lowest BCUT2D eigenvalue weighted by Gasteiger charge is -2.26. The molecule has 0 aliphatic carbocycles. The molecule has 1 aliphatic heterocycles. The molecule has 0 amide bonds. The molecule has 7 nitrogen and oxygen atoms in total. The second kappa shape index (κ2) is 9.74. The summed E-state index contributed by atoms with van der Waals surface area (Å²) in [4.78, 5) is 24.7. The van der Waals surface area contributed by atoms with Gasteiger partial charge in [-0.15, -0.1) is 0 Å². The van der Waals surface area contributed by atoms with E-state index < -0.39 is 13.2 Å². The van der Waals surface area contributed by atoms with Crippen LogP contribution in [0.15, 0.2) is 0 Å². The average Bonchev–Trinajstić information content (AvgIpc) is 2.52. The molecule has 0 aromatic carbocycles. The molecule has 0 bridgehead atoms. The van der Waals surface area contributed by atoms with Gasteiger partial charge in [-0.25, -0.2) is 0 Å². The highest BCUT2D eigenvalue weighted by Gasteiger charge is 2.27. The summed E-state index contributed by atoms with van der Waals surface area (Å²) in [6.07, 6.45) is 4.26. The summed E-state index contributed by atoms with van der Waals surface area (Å²) in [6, 6.07) is 0. The fourth-order valence-electron chi connectivity index (χ4n) is 2.26. The summed E-state index contributed by atoms with van der Waals surface area (Å²) >= 11 is 0. The van der Waals surface area contributed by atoms with Gasteiger partial charge in [0.15, 0.2) is 0 Å². The molecule has 1 unspecified atom stereocenters. The first-order valence-corrected chi connectivity index (χ1v) is 9.84. The Labute approximate surface area is 138 Å². The smallest absolute Gasteiger partial charge is 0.311 e. The van der Waals surface area contributed by atoms with Gasteiger partial charge in [0.25, 0.3) is 7.82 Å². The minimum Gasteiger partial charge on any atom is -0.756 e.